The molecule has 0 spiro atoms. The van der Waals surface area contributed by atoms with Crippen LogP contribution in [0, 0.1) is 0 Å². The molecule has 0 aliphatic rings. The number of ether oxygens (including phenoxy) is 1. The third-order valence-corrected chi connectivity index (χ3v) is 5.07. The Morgan fingerprint density at radius 2 is 1.89 bits per heavy atom. The fourth-order valence-electron chi connectivity index (χ4n) is 2.43. The number of nitrogens with one attached hydrogen (secondary N) is 1. The molecule has 0 radical (unpaired) electrons. The smallest absolute Gasteiger partial charge is 0.232 e. The number of nitrogens with zero attached hydrogens (tertiary/aromatic N) is 1. The van der Waals surface area contributed by atoms with Gasteiger partial charge in [0, 0.05) is 13.1 Å². The SMILES string of the molecule is CN(c1cc2occ(NC=O)c(=O)c2cc1Oc1ccccc1)S(C)(=O)=O. The number of benzene rings is 2. The highest BCUT2D eigenvalue weighted by Gasteiger charge is 2.20. The van der Waals surface area contributed by atoms with Crippen molar-refractivity contribution in [1.29, 1.82) is 0 Å². The number of hydrogen-bond donors (Lipinski definition) is 1. The first-order valence-electron chi connectivity index (χ1n) is 7.78. The molecule has 2 aromatic carbocycles. The minimum Gasteiger partial charge on any atom is -0.462 e. The standard InChI is InChI=1S/C18H16N2O6S/c1-20(27(2,23)24)15-9-16-13(18(22)14(10-25-16)19-11-21)8-17(15)26-12-6-4-3-5-7-12/h3-11H,1-2H3,(H,19,21). The molecule has 0 saturated heterocycles. The summed E-state index contributed by atoms with van der Waals surface area (Å²) in [7, 11) is -2.22. The summed E-state index contributed by atoms with van der Waals surface area (Å²) in [4.78, 5) is 23.2. The van der Waals surface area contributed by atoms with Crippen LogP contribution >= 0.6 is 0 Å². The van der Waals surface area contributed by atoms with Crippen LogP contribution in [0.2, 0.25) is 0 Å². The second kappa shape index (κ2) is 7.12. The maximum atomic E-state index is 12.5. The average molecular weight is 388 g/mol. The van der Waals surface area contributed by atoms with Gasteiger partial charge in [0.2, 0.25) is 21.9 Å². The van der Waals surface area contributed by atoms with Crippen molar-refractivity contribution in [2.45, 2.75) is 0 Å². The van der Waals surface area contributed by atoms with Gasteiger partial charge in [0.05, 0.1) is 17.3 Å². The molecule has 0 bridgehead atoms. The van der Waals surface area contributed by atoms with E-state index in [1.165, 1.54) is 19.2 Å². The molecule has 0 unspecified atom stereocenters. The molecule has 9 heteroatoms. The number of sulfonamides is 1. The van der Waals surface area contributed by atoms with Crippen molar-refractivity contribution >= 4 is 38.8 Å². The average Bonchev–Trinajstić information content (AvgIpc) is 2.64. The summed E-state index contributed by atoms with van der Waals surface area (Å²) in [5.41, 5.74) is -0.155. The Hall–Kier alpha value is -3.33. The molecule has 1 N–H and O–H groups in total. The van der Waals surface area contributed by atoms with Crippen LogP contribution < -0.4 is 19.8 Å². The summed E-state index contributed by atoms with van der Waals surface area (Å²) >= 11 is 0. The molecule has 3 rings (SSSR count). The predicted molar refractivity (Wildman–Crippen MR) is 102 cm³/mol. The first-order chi connectivity index (χ1) is 12.8. The van der Waals surface area contributed by atoms with E-state index in [-0.39, 0.29) is 28.1 Å². The van der Waals surface area contributed by atoms with E-state index in [1.54, 1.807) is 24.3 Å². The second-order valence-electron chi connectivity index (χ2n) is 5.70. The second-order valence-corrected chi connectivity index (χ2v) is 7.72. The number of fused-ring (bicyclic) bond motifs is 1. The van der Waals surface area contributed by atoms with Crippen molar-refractivity contribution in [1.82, 2.24) is 0 Å². The Morgan fingerprint density at radius 3 is 2.52 bits per heavy atom. The lowest BCUT2D eigenvalue weighted by atomic mass is 10.2. The van der Waals surface area contributed by atoms with E-state index < -0.39 is 15.5 Å². The Labute approximate surface area is 155 Å². The molecule has 0 fully saturated rings. The third kappa shape index (κ3) is 3.77. The van der Waals surface area contributed by atoms with Crippen molar-refractivity contribution in [3.05, 3.63) is 59.0 Å². The van der Waals surface area contributed by atoms with Crippen molar-refractivity contribution < 1.29 is 22.4 Å². The van der Waals surface area contributed by atoms with Gasteiger partial charge in [0.1, 0.15) is 23.3 Å². The minimum atomic E-state index is -3.59. The summed E-state index contributed by atoms with van der Waals surface area (Å²) in [5, 5.41) is 2.40. The Bertz CT molecular complexity index is 1160. The molecule has 0 saturated carbocycles. The van der Waals surface area contributed by atoms with E-state index in [0.717, 1.165) is 16.8 Å². The van der Waals surface area contributed by atoms with Crippen molar-refractivity contribution in [3.8, 4) is 11.5 Å². The van der Waals surface area contributed by atoms with Crippen molar-refractivity contribution in [2.75, 3.05) is 22.9 Å². The summed E-state index contributed by atoms with van der Waals surface area (Å²) in [6, 6.07) is 11.5. The summed E-state index contributed by atoms with van der Waals surface area (Å²) < 4.78 is 36.2. The first-order valence-corrected chi connectivity index (χ1v) is 9.62. The zero-order chi connectivity index (χ0) is 19.6. The highest BCUT2D eigenvalue weighted by molar-refractivity contribution is 7.92. The van der Waals surface area contributed by atoms with Gasteiger partial charge < -0.3 is 14.5 Å². The molecular formula is C18H16N2O6S. The van der Waals surface area contributed by atoms with Crippen LogP contribution in [0.3, 0.4) is 0 Å². The summed E-state index contributed by atoms with van der Waals surface area (Å²) in [6.45, 7) is 0. The quantitative estimate of drug-likeness (QED) is 0.651. The van der Waals surface area contributed by atoms with Gasteiger partial charge in [-0.25, -0.2) is 8.42 Å². The molecule has 8 nitrogen and oxygen atoms in total. The molecule has 140 valence electrons. The van der Waals surface area contributed by atoms with Gasteiger partial charge in [0.25, 0.3) is 0 Å². The van der Waals surface area contributed by atoms with Crippen LogP contribution in [0.1, 0.15) is 0 Å². The van der Waals surface area contributed by atoms with Gasteiger partial charge in [-0.15, -0.1) is 0 Å². The van der Waals surface area contributed by atoms with Gasteiger partial charge in [-0.2, -0.15) is 0 Å². The van der Waals surface area contributed by atoms with E-state index in [0.29, 0.717) is 12.2 Å². The van der Waals surface area contributed by atoms with E-state index in [1.807, 2.05) is 6.07 Å². The van der Waals surface area contributed by atoms with E-state index >= 15 is 0 Å². The maximum Gasteiger partial charge on any atom is 0.232 e. The fraction of sp³-hybridized carbons (Fsp3) is 0.111. The molecule has 3 aromatic rings. The summed E-state index contributed by atoms with van der Waals surface area (Å²) in [5.74, 6) is 0.615. The normalized spacial score (nSPS) is 11.2. The zero-order valence-corrected chi connectivity index (χ0v) is 15.3. The number of carbonyl (C=O) groups excluding carboxylic acids is 1. The van der Waals surface area contributed by atoms with E-state index in [9.17, 15) is 18.0 Å². The van der Waals surface area contributed by atoms with Crippen LogP contribution in [0.4, 0.5) is 11.4 Å². The lowest BCUT2D eigenvalue weighted by molar-refractivity contribution is -0.105. The topological polar surface area (TPSA) is 106 Å². The maximum absolute atomic E-state index is 12.5. The number of para-hydroxylation sites is 1. The number of carbonyl (C=O) groups is 1. The van der Waals surface area contributed by atoms with Crippen molar-refractivity contribution in [3.63, 3.8) is 0 Å². The molecular weight excluding hydrogens is 372 g/mol. The number of rotatable bonds is 6. The van der Waals surface area contributed by atoms with Gasteiger partial charge >= 0.3 is 0 Å². The largest absolute Gasteiger partial charge is 0.462 e. The summed E-state index contributed by atoms with van der Waals surface area (Å²) in [6.07, 6.45) is 2.52. The third-order valence-electron chi connectivity index (χ3n) is 3.88. The van der Waals surface area contributed by atoms with Gasteiger partial charge in [-0.1, -0.05) is 18.2 Å². The van der Waals surface area contributed by atoms with Gasteiger partial charge in [0.15, 0.2) is 5.75 Å². The zero-order valence-electron chi connectivity index (χ0n) is 14.5. The van der Waals surface area contributed by atoms with E-state index in [4.69, 9.17) is 9.15 Å². The van der Waals surface area contributed by atoms with Gasteiger partial charge in [-0.05, 0) is 18.2 Å². The molecule has 0 aliphatic carbocycles. The molecule has 27 heavy (non-hydrogen) atoms. The van der Waals surface area contributed by atoms with Crippen LogP contribution in [-0.2, 0) is 14.8 Å². The van der Waals surface area contributed by atoms with E-state index in [2.05, 4.69) is 5.32 Å². The highest BCUT2D eigenvalue weighted by atomic mass is 32.2. The monoisotopic (exact) mass is 388 g/mol. The predicted octanol–water partition coefficient (Wildman–Crippen LogP) is 2.55. The Kier molecular flexibility index (Phi) is 4.87. The fourth-order valence-corrected chi connectivity index (χ4v) is 2.93. The Morgan fingerprint density at radius 1 is 1.19 bits per heavy atom. The number of amides is 1. The van der Waals surface area contributed by atoms with Crippen LogP contribution in [-0.4, -0.2) is 28.1 Å². The number of hydrogen-bond acceptors (Lipinski definition) is 6. The van der Waals surface area contributed by atoms with Crippen LogP contribution in [0.15, 0.2) is 57.9 Å². The highest BCUT2D eigenvalue weighted by Crippen LogP contribution is 2.36. The lowest BCUT2D eigenvalue weighted by Crippen LogP contribution is -2.25. The lowest BCUT2D eigenvalue weighted by Gasteiger charge is -2.20. The molecule has 0 aliphatic heterocycles. The molecule has 1 heterocycles. The number of anilines is 2. The van der Waals surface area contributed by atoms with Crippen molar-refractivity contribution in [2.24, 2.45) is 0 Å². The molecule has 1 aromatic heterocycles. The minimum absolute atomic E-state index is 0.0348. The van der Waals surface area contributed by atoms with Crippen LogP contribution in [0.5, 0.6) is 11.5 Å². The Balaban J connectivity index is 2.25. The molecule has 1 amide bonds. The van der Waals surface area contributed by atoms with Crippen LogP contribution in [0.25, 0.3) is 11.0 Å². The van der Waals surface area contributed by atoms with Gasteiger partial charge in [-0.3, -0.25) is 13.9 Å². The first kappa shape index (κ1) is 18.5. The molecule has 0 atom stereocenters.